The summed E-state index contributed by atoms with van der Waals surface area (Å²) in [6, 6.07) is 12.4. The maximum Gasteiger partial charge on any atom is 0.274 e. The van der Waals surface area contributed by atoms with Gasteiger partial charge in [0.15, 0.2) is 11.6 Å². The molecule has 2 amide bonds. The molecule has 0 aliphatic carbocycles. The van der Waals surface area contributed by atoms with Crippen LogP contribution in [-0.2, 0) is 16.1 Å². The number of carbonyl (C=O) groups excluding carboxylic acids is 2. The zero-order valence-electron chi connectivity index (χ0n) is 21.4. The Bertz CT molecular complexity index is 1580. The van der Waals surface area contributed by atoms with Crippen LogP contribution >= 0.6 is 0 Å². The standard InChI is InChI=1S/C28H27F2N5O4/c1-34(2)24(37)14-8-4-7-13-23(36)32-20-12-9-15-35(28(20)38)17-22-31-21-16-19(29)25(30)27(26(21)33-22)39-18-10-5-3-6-11-18/h3,5-6,8-12,14-16H,4,7,13,17H2,1-2H3,(H,31,33)(H,32,36)/b14-8+. The molecule has 0 unspecified atom stereocenters. The predicted molar refractivity (Wildman–Crippen MR) is 143 cm³/mol. The summed E-state index contributed by atoms with van der Waals surface area (Å²) in [5, 5.41) is 2.61. The Morgan fingerprint density at radius 3 is 2.67 bits per heavy atom. The fourth-order valence-electron chi connectivity index (χ4n) is 3.74. The highest BCUT2D eigenvalue weighted by Gasteiger charge is 2.20. The number of halogens is 2. The lowest BCUT2D eigenvalue weighted by atomic mass is 10.2. The fourth-order valence-corrected chi connectivity index (χ4v) is 3.74. The molecule has 2 heterocycles. The average molecular weight is 536 g/mol. The number of hydrogen-bond donors (Lipinski definition) is 2. The summed E-state index contributed by atoms with van der Waals surface area (Å²) in [5.74, 6) is -2.55. The third kappa shape index (κ3) is 6.75. The molecule has 0 saturated heterocycles. The minimum absolute atomic E-state index is 0.0457. The lowest BCUT2D eigenvalue weighted by Crippen LogP contribution is -2.26. The maximum absolute atomic E-state index is 14.6. The summed E-state index contributed by atoms with van der Waals surface area (Å²) in [7, 11) is 3.30. The summed E-state index contributed by atoms with van der Waals surface area (Å²) >= 11 is 0. The van der Waals surface area contributed by atoms with Crippen molar-refractivity contribution >= 4 is 28.5 Å². The van der Waals surface area contributed by atoms with Crippen LogP contribution in [0.1, 0.15) is 25.1 Å². The lowest BCUT2D eigenvalue weighted by Gasteiger charge is -2.08. The third-order valence-corrected chi connectivity index (χ3v) is 5.73. The van der Waals surface area contributed by atoms with Gasteiger partial charge in [0.2, 0.25) is 17.6 Å². The minimum Gasteiger partial charge on any atom is -0.452 e. The number of unbranched alkanes of at least 4 members (excludes halogenated alkanes) is 1. The molecule has 4 rings (SSSR count). The van der Waals surface area contributed by atoms with Crippen LogP contribution in [-0.4, -0.2) is 45.3 Å². The SMILES string of the molecule is CN(C)C(=O)/C=C/CCCC(=O)Nc1cccn(Cc2nc3c(Oc4ccccc4)c(F)c(F)cc3[nH]2)c1=O. The molecular formula is C28H27F2N5O4. The Hall–Kier alpha value is -4.80. The van der Waals surface area contributed by atoms with Gasteiger partial charge in [-0.3, -0.25) is 14.4 Å². The Morgan fingerprint density at radius 1 is 1.15 bits per heavy atom. The number of aromatic amines is 1. The monoisotopic (exact) mass is 535 g/mol. The summed E-state index contributed by atoms with van der Waals surface area (Å²) < 4.78 is 35.8. The van der Waals surface area contributed by atoms with Crippen molar-refractivity contribution in [2.45, 2.75) is 25.8 Å². The molecule has 0 atom stereocenters. The molecule has 0 fully saturated rings. The summed E-state index contributed by atoms with van der Waals surface area (Å²) in [4.78, 5) is 45.5. The number of hydrogen-bond acceptors (Lipinski definition) is 5. The van der Waals surface area contributed by atoms with E-state index in [1.54, 1.807) is 56.6 Å². The molecule has 0 aliphatic heterocycles. The number of H-pyrrole nitrogens is 1. The number of ether oxygens (including phenoxy) is 1. The van der Waals surface area contributed by atoms with Crippen LogP contribution in [0.15, 0.2) is 71.7 Å². The van der Waals surface area contributed by atoms with Crippen molar-refractivity contribution in [3.63, 3.8) is 0 Å². The van der Waals surface area contributed by atoms with Crippen molar-refractivity contribution in [1.29, 1.82) is 0 Å². The largest absolute Gasteiger partial charge is 0.452 e. The van der Waals surface area contributed by atoms with E-state index in [1.165, 1.54) is 27.8 Å². The van der Waals surface area contributed by atoms with Gasteiger partial charge in [0.1, 0.15) is 22.8 Å². The zero-order chi connectivity index (χ0) is 27.9. The van der Waals surface area contributed by atoms with E-state index in [-0.39, 0.29) is 53.1 Å². The number of pyridine rings is 1. The Balaban J connectivity index is 1.46. The van der Waals surface area contributed by atoms with Crippen LogP contribution in [0.5, 0.6) is 11.5 Å². The minimum atomic E-state index is -1.17. The van der Waals surface area contributed by atoms with Crippen LogP contribution in [0, 0.1) is 11.6 Å². The Labute approximate surface area is 222 Å². The molecule has 0 aliphatic rings. The van der Waals surface area contributed by atoms with Gasteiger partial charge in [-0.15, -0.1) is 0 Å². The van der Waals surface area contributed by atoms with Crippen molar-refractivity contribution in [2.75, 3.05) is 19.4 Å². The number of carbonyl (C=O) groups is 2. The summed E-state index contributed by atoms with van der Waals surface area (Å²) in [6.45, 7) is -0.0457. The van der Waals surface area contributed by atoms with Gasteiger partial charge < -0.3 is 24.5 Å². The average Bonchev–Trinajstić information content (AvgIpc) is 3.31. The first kappa shape index (κ1) is 27.2. The quantitative estimate of drug-likeness (QED) is 0.228. The molecule has 2 aromatic carbocycles. The molecule has 9 nitrogen and oxygen atoms in total. The molecule has 0 spiro atoms. The first-order chi connectivity index (χ1) is 18.7. The van der Waals surface area contributed by atoms with Gasteiger partial charge in [-0.05, 0) is 43.2 Å². The predicted octanol–water partition coefficient (Wildman–Crippen LogP) is 4.60. The maximum atomic E-state index is 14.6. The van der Waals surface area contributed by atoms with Crippen molar-refractivity contribution in [3.8, 4) is 11.5 Å². The van der Waals surface area contributed by atoms with Crippen molar-refractivity contribution in [3.05, 3.63) is 94.7 Å². The second kappa shape index (κ2) is 12.2. The molecule has 202 valence electrons. The molecular weight excluding hydrogens is 508 g/mol. The van der Waals surface area contributed by atoms with Gasteiger partial charge in [-0.2, -0.15) is 4.39 Å². The number of aromatic nitrogens is 3. The Morgan fingerprint density at radius 2 is 1.92 bits per heavy atom. The van der Waals surface area contributed by atoms with Crippen LogP contribution in [0.25, 0.3) is 11.0 Å². The highest BCUT2D eigenvalue weighted by atomic mass is 19.2. The molecule has 0 saturated carbocycles. The van der Waals surface area contributed by atoms with Gasteiger partial charge >= 0.3 is 0 Å². The van der Waals surface area contributed by atoms with E-state index in [2.05, 4.69) is 15.3 Å². The van der Waals surface area contributed by atoms with E-state index in [0.717, 1.165) is 6.07 Å². The zero-order valence-corrected chi connectivity index (χ0v) is 21.4. The molecule has 39 heavy (non-hydrogen) atoms. The highest BCUT2D eigenvalue weighted by molar-refractivity contribution is 5.90. The molecule has 11 heteroatoms. The van der Waals surface area contributed by atoms with Gasteiger partial charge in [0.05, 0.1) is 12.1 Å². The number of para-hydroxylation sites is 1. The second-order valence-electron chi connectivity index (χ2n) is 8.93. The molecule has 4 aromatic rings. The van der Waals surface area contributed by atoms with E-state index < -0.39 is 17.2 Å². The fraction of sp³-hybridized carbons (Fsp3) is 0.214. The number of nitrogens with one attached hydrogen (secondary N) is 2. The van der Waals surface area contributed by atoms with Crippen molar-refractivity contribution < 1.29 is 23.1 Å². The molecule has 2 aromatic heterocycles. The molecule has 2 N–H and O–H groups in total. The number of nitrogens with zero attached hydrogens (tertiary/aromatic N) is 3. The van der Waals surface area contributed by atoms with E-state index in [4.69, 9.17) is 4.74 Å². The molecule has 0 bridgehead atoms. The van der Waals surface area contributed by atoms with Gasteiger partial charge in [0.25, 0.3) is 5.56 Å². The van der Waals surface area contributed by atoms with Gasteiger partial charge in [0, 0.05) is 32.8 Å². The highest BCUT2D eigenvalue weighted by Crippen LogP contribution is 2.33. The number of likely N-dealkylation sites (N-methyl/N-ethyl adjacent to an activating group) is 1. The van der Waals surface area contributed by atoms with E-state index >= 15 is 0 Å². The molecule has 0 radical (unpaired) electrons. The number of amides is 2. The number of benzene rings is 2. The normalized spacial score (nSPS) is 11.2. The Kier molecular flexibility index (Phi) is 8.50. The van der Waals surface area contributed by atoms with Crippen LogP contribution < -0.4 is 15.6 Å². The number of anilines is 1. The van der Waals surface area contributed by atoms with E-state index in [9.17, 15) is 23.2 Å². The van der Waals surface area contributed by atoms with Gasteiger partial charge in [-0.1, -0.05) is 24.3 Å². The topological polar surface area (TPSA) is 109 Å². The van der Waals surface area contributed by atoms with Crippen LogP contribution in [0.4, 0.5) is 14.5 Å². The number of fused-ring (bicyclic) bond motifs is 1. The number of allylic oxidation sites excluding steroid dienone is 1. The van der Waals surface area contributed by atoms with Crippen molar-refractivity contribution in [1.82, 2.24) is 19.4 Å². The van der Waals surface area contributed by atoms with Crippen LogP contribution in [0.2, 0.25) is 0 Å². The number of imidazole rings is 1. The second-order valence-corrected chi connectivity index (χ2v) is 8.93. The van der Waals surface area contributed by atoms with Crippen LogP contribution in [0.3, 0.4) is 0 Å². The first-order valence-electron chi connectivity index (χ1n) is 12.2. The van der Waals surface area contributed by atoms with E-state index in [1.807, 2.05) is 0 Å². The van der Waals surface area contributed by atoms with E-state index in [0.29, 0.717) is 18.6 Å². The third-order valence-electron chi connectivity index (χ3n) is 5.73. The smallest absolute Gasteiger partial charge is 0.274 e. The number of rotatable bonds is 10. The van der Waals surface area contributed by atoms with Gasteiger partial charge in [-0.25, -0.2) is 9.37 Å². The summed E-state index contributed by atoms with van der Waals surface area (Å²) in [6.07, 6.45) is 5.87. The first-order valence-corrected chi connectivity index (χ1v) is 12.2. The van der Waals surface area contributed by atoms with Crippen molar-refractivity contribution in [2.24, 2.45) is 0 Å². The lowest BCUT2D eigenvalue weighted by molar-refractivity contribution is -0.123. The summed E-state index contributed by atoms with van der Waals surface area (Å²) in [5.41, 5.74) is -0.108.